The summed E-state index contributed by atoms with van der Waals surface area (Å²) in [5, 5.41) is 4.91. The zero-order valence-electron chi connectivity index (χ0n) is 19.6. The highest BCUT2D eigenvalue weighted by Crippen LogP contribution is 2.29. The van der Waals surface area contributed by atoms with E-state index in [-0.39, 0.29) is 31.3 Å². The lowest BCUT2D eigenvalue weighted by atomic mass is 10.1. The number of nitrogens with zero attached hydrogens (tertiary/aromatic N) is 2. The average molecular weight is 482 g/mol. The molecular weight excluding hydrogens is 458 g/mol. The third-order valence-corrected chi connectivity index (χ3v) is 5.50. The van der Waals surface area contributed by atoms with Crippen molar-refractivity contribution in [1.29, 1.82) is 0 Å². The van der Waals surface area contributed by atoms with Crippen LogP contribution in [0, 0.1) is 0 Å². The second-order valence-electron chi connectivity index (χ2n) is 7.99. The molecule has 0 unspecified atom stereocenters. The SMILES string of the molecule is CCOC(=O)COc1cc(C(=O)NCc2ccc3oc4ccccc4c3c2)nc(-c2ccccc2)n1. The van der Waals surface area contributed by atoms with Crippen LogP contribution in [0.2, 0.25) is 0 Å². The standard InChI is InChI=1S/C28H23N3O5/c1-2-34-26(32)17-35-25-15-22(30-27(31-25)19-8-4-3-5-9-19)28(33)29-16-18-12-13-24-21(14-18)20-10-6-7-11-23(20)36-24/h3-15H,2,16-17H2,1H3,(H,29,33). The van der Waals surface area contributed by atoms with Crippen LogP contribution in [0.1, 0.15) is 23.0 Å². The van der Waals surface area contributed by atoms with Crippen molar-refractivity contribution < 1.29 is 23.5 Å². The van der Waals surface area contributed by atoms with Gasteiger partial charge in [0.25, 0.3) is 5.91 Å². The van der Waals surface area contributed by atoms with Gasteiger partial charge in [-0.25, -0.2) is 9.78 Å². The molecule has 1 amide bonds. The minimum absolute atomic E-state index is 0.105. The molecule has 0 saturated heterocycles. The van der Waals surface area contributed by atoms with E-state index in [4.69, 9.17) is 13.9 Å². The van der Waals surface area contributed by atoms with E-state index in [1.165, 1.54) is 6.07 Å². The first-order valence-corrected chi connectivity index (χ1v) is 11.5. The van der Waals surface area contributed by atoms with E-state index in [2.05, 4.69) is 15.3 Å². The van der Waals surface area contributed by atoms with Gasteiger partial charge in [0.15, 0.2) is 12.4 Å². The topological polar surface area (TPSA) is 104 Å². The molecule has 180 valence electrons. The first-order valence-electron chi connectivity index (χ1n) is 11.5. The lowest BCUT2D eigenvalue weighted by Gasteiger charge is -2.10. The third kappa shape index (κ3) is 5.02. The lowest BCUT2D eigenvalue weighted by Crippen LogP contribution is -2.24. The number of hydrogen-bond donors (Lipinski definition) is 1. The molecular formula is C28H23N3O5. The summed E-state index contributed by atoms with van der Waals surface area (Å²) in [5.41, 5.74) is 3.36. The fraction of sp³-hybridized carbons (Fsp3) is 0.143. The third-order valence-electron chi connectivity index (χ3n) is 5.50. The normalized spacial score (nSPS) is 10.9. The smallest absolute Gasteiger partial charge is 0.344 e. The van der Waals surface area contributed by atoms with Gasteiger partial charge in [-0.2, -0.15) is 4.98 Å². The second-order valence-corrected chi connectivity index (χ2v) is 7.99. The summed E-state index contributed by atoms with van der Waals surface area (Å²) in [5.74, 6) is -0.500. The van der Waals surface area contributed by atoms with Crippen molar-refractivity contribution in [3.05, 3.63) is 90.1 Å². The Morgan fingerprint density at radius 3 is 2.50 bits per heavy atom. The van der Waals surface area contributed by atoms with E-state index in [0.717, 1.165) is 27.5 Å². The Hall–Kier alpha value is -4.72. The van der Waals surface area contributed by atoms with Crippen LogP contribution >= 0.6 is 0 Å². The Morgan fingerprint density at radius 1 is 0.889 bits per heavy atom. The molecule has 0 spiro atoms. The number of benzene rings is 3. The maximum Gasteiger partial charge on any atom is 0.344 e. The Labute approximate surface area is 206 Å². The minimum Gasteiger partial charge on any atom is -0.466 e. The van der Waals surface area contributed by atoms with Gasteiger partial charge in [-0.05, 0) is 30.7 Å². The Balaban J connectivity index is 1.37. The quantitative estimate of drug-likeness (QED) is 0.314. The van der Waals surface area contributed by atoms with Gasteiger partial charge in [-0.3, -0.25) is 4.79 Å². The number of ether oxygens (including phenoxy) is 2. The molecule has 0 aliphatic carbocycles. The number of hydrogen-bond acceptors (Lipinski definition) is 7. The zero-order chi connectivity index (χ0) is 24.9. The summed E-state index contributed by atoms with van der Waals surface area (Å²) in [4.78, 5) is 33.6. The maximum absolute atomic E-state index is 13.1. The predicted octanol–water partition coefficient (Wildman–Crippen LogP) is 4.91. The lowest BCUT2D eigenvalue weighted by molar-refractivity contribution is -0.145. The molecule has 0 radical (unpaired) electrons. The van der Waals surface area contributed by atoms with E-state index in [1.54, 1.807) is 6.92 Å². The molecule has 5 rings (SSSR count). The fourth-order valence-electron chi connectivity index (χ4n) is 3.82. The number of carbonyl (C=O) groups excluding carboxylic acids is 2. The van der Waals surface area contributed by atoms with Crippen molar-refractivity contribution in [2.24, 2.45) is 0 Å². The molecule has 8 nitrogen and oxygen atoms in total. The number of fused-ring (bicyclic) bond motifs is 3. The van der Waals surface area contributed by atoms with Crippen LogP contribution in [0.5, 0.6) is 5.88 Å². The molecule has 0 atom stereocenters. The molecule has 0 bridgehead atoms. The number of rotatable bonds is 8. The molecule has 0 aliphatic heterocycles. The van der Waals surface area contributed by atoms with Crippen LogP contribution in [0.4, 0.5) is 0 Å². The van der Waals surface area contributed by atoms with Gasteiger partial charge in [-0.1, -0.05) is 54.6 Å². The average Bonchev–Trinajstić information content (AvgIpc) is 3.29. The highest BCUT2D eigenvalue weighted by Gasteiger charge is 2.15. The molecule has 1 N–H and O–H groups in total. The van der Waals surface area contributed by atoms with Crippen LogP contribution in [0.3, 0.4) is 0 Å². The summed E-state index contributed by atoms with van der Waals surface area (Å²) in [7, 11) is 0. The molecule has 0 aliphatic rings. The molecule has 2 heterocycles. The Bertz CT molecular complexity index is 1550. The number of amides is 1. The number of aromatic nitrogens is 2. The summed E-state index contributed by atoms with van der Waals surface area (Å²) < 4.78 is 16.3. The van der Waals surface area contributed by atoms with Crippen LogP contribution in [0.15, 0.2) is 83.3 Å². The van der Waals surface area contributed by atoms with Crippen LogP contribution in [-0.2, 0) is 16.1 Å². The van der Waals surface area contributed by atoms with Gasteiger partial charge >= 0.3 is 5.97 Å². The van der Waals surface area contributed by atoms with Gasteiger partial charge in [0.2, 0.25) is 5.88 Å². The van der Waals surface area contributed by atoms with Crippen molar-refractivity contribution in [2.75, 3.05) is 13.2 Å². The van der Waals surface area contributed by atoms with Gasteiger partial charge in [-0.15, -0.1) is 0 Å². The van der Waals surface area contributed by atoms with E-state index >= 15 is 0 Å². The Morgan fingerprint density at radius 2 is 1.67 bits per heavy atom. The largest absolute Gasteiger partial charge is 0.466 e. The van der Waals surface area contributed by atoms with Crippen molar-refractivity contribution in [2.45, 2.75) is 13.5 Å². The highest BCUT2D eigenvalue weighted by molar-refractivity contribution is 6.05. The molecule has 36 heavy (non-hydrogen) atoms. The minimum atomic E-state index is -0.523. The Kier molecular flexibility index (Phi) is 6.57. The van der Waals surface area contributed by atoms with Crippen LogP contribution in [0.25, 0.3) is 33.3 Å². The van der Waals surface area contributed by atoms with Gasteiger partial charge in [0.1, 0.15) is 16.9 Å². The van der Waals surface area contributed by atoms with E-state index in [1.807, 2.05) is 72.8 Å². The van der Waals surface area contributed by atoms with Gasteiger partial charge in [0.05, 0.1) is 6.61 Å². The van der Waals surface area contributed by atoms with Crippen molar-refractivity contribution in [3.8, 4) is 17.3 Å². The van der Waals surface area contributed by atoms with E-state index < -0.39 is 11.9 Å². The van der Waals surface area contributed by atoms with Crippen molar-refractivity contribution in [1.82, 2.24) is 15.3 Å². The van der Waals surface area contributed by atoms with E-state index in [0.29, 0.717) is 11.4 Å². The first kappa shape index (κ1) is 23.0. The summed E-state index contributed by atoms with van der Waals surface area (Å²) in [6.45, 7) is 1.93. The van der Waals surface area contributed by atoms with E-state index in [9.17, 15) is 9.59 Å². The molecule has 8 heteroatoms. The number of furan rings is 1. The summed E-state index contributed by atoms with van der Waals surface area (Å²) in [6.07, 6.45) is 0. The molecule has 2 aromatic heterocycles. The van der Waals surface area contributed by atoms with Crippen LogP contribution < -0.4 is 10.1 Å². The number of carbonyl (C=O) groups is 2. The molecule has 0 saturated carbocycles. The summed E-state index contributed by atoms with van der Waals surface area (Å²) >= 11 is 0. The van der Waals surface area contributed by atoms with Crippen LogP contribution in [-0.4, -0.2) is 35.1 Å². The zero-order valence-corrected chi connectivity index (χ0v) is 19.6. The number of para-hydroxylation sites is 1. The van der Waals surface area contributed by atoms with Crippen molar-refractivity contribution >= 4 is 33.8 Å². The number of nitrogens with one attached hydrogen (secondary N) is 1. The van der Waals surface area contributed by atoms with Crippen molar-refractivity contribution in [3.63, 3.8) is 0 Å². The van der Waals surface area contributed by atoms with Gasteiger partial charge in [0, 0.05) is 28.9 Å². The molecule has 5 aromatic rings. The summed E-state index contributed by atoms with van der Waals surface area (Å²) in [6, 6.07) is 24.3. The fourth-order valence-corrected chi connectivity index (χ4v) is 3.82. The molecule has 3 aromatic carbocycles. The first-order chi connectivity index (χ1) is 17.6. The maximum atomic E-state index is 13.1. The number of esters is 1. The van der Waals surface area contributed by atoms with Gasteiger partial charge < -0.3 is 19.2 Å². The predicted molar refractivity (Wildman–Crippen MR) is 134 cm³/mol. The highest BCUT2D eigenvalue weighted by atomic mass is 16.6. The monoisotopic (exact) mass is 481 g/mol. The molecule has 0 fully saturated rings. The second kappa shape index (κ2) is 10.3.